The first kappa shape index (κ1) is 23.3. The van der Waals surface area contributed by atoms with Crippen LogP contribution >= 0.6 is 0 Å². The van der Waals surface area contributed by atoms with Crippen LogP contribution in [0.5, 0.6) is 0 Å². The zero-order valence-corrected chi connectivity index (χ0v) is 16.1. The summed E-state index contributed by atoms with van der Waals surface area (Å²) < 4.78 is 15.1. The molecule has 0 amide bonds. The normalized spacial score (nSPS) is 26.8. The van der Waals surface area contributed by atoms with Crippen molar-refractivity contribution in [3.63, 3.8) is 0 Å². The molecule has 1 fully saturated rings. The van der Waals surface area contributed by atoms with Gasteiger partial charge in [0.2, 0.25) is 0 Å². The molecule has 5 atom stereocenters. The molecule has 0 unspecified atom stereocenters. The largest absolute Gasteiger partial charge is 0.463 e. The van der Waals surface area contributed by atoms with E-state index >= 15 is 0 Å². The Hall–Kier alpha value is -0.730. The van der Waals surface area contributed by atoms with E-state index in [0.717, 1.165) is 19.3 Å². The van der Waals surface area contributed by atoms with Crippen LogP contribution in [0.3, 0.4) is 0 Å². The van der Waals surface area contributed by atoms with Crippen molar-refractivity contribution in [2.24, 2.45) is 0 Å². The van der Waals surface area contributed by atoms with E-state index in [1.165, 1.54) is 45.6 Å². The number of esters is 1. The van der Waals surface area contributed by atoms with Gasteiger partial charge >= 0.3 is 5.97 Å². The summed E-state index contributed by atoms with van der Waals surface area (Å²) in [5, 5.41) is 29.5. The molecule has 7 heteroatoms. The molecule has 0 aromatic carbocycles. The number of ether oxygens (including phenoxy) is 3. The molecule has 0 aromatic rings. The highest BCUT2D eigenvalue weighted by molar-refractivity contribution is 5.69. The van der Waals surface area contributed by atoms with E-state index < -0.39 is 30.7 Å². The van der Waals surface area contributed by atoms with Crippen molar-refractivity contribution in [3.05, 3.63) is 0 Å². The van der Waals surface area contributed by atoms with Crippen LogP contribution in [-0.4, -0.2) is 65.7 Å². The van der Waals surface area contributed by atoms with E-state index in [-0.39, 0.29) is 12.6 Å². The lowest BCUT2D eigenvalue weighted by Gasteiger charge is -2.20. The van der Waals surface area contributed by atoms with Crippen LogP contribution in [0.25, 0.3) is 0 Å². The summed E-state index contributed by atoms with van der Waals surface area (Å²) in [6.45, 7) is 1.93. The van der Waals surface area contributed by atoms with Gasteiger partial charge < -0.3 is 29.5 Å². The molecule has 0 spiro atoms. The number of methoxy groups -OCH3 is 1. The fraction of sp³-hybridized carbons (Fsp3) is 0.947. The van der Waals surface area contributed by atoms with Gasteiger partial charge in [-0.2, -0.15) is 0 Å². The highest BCUT2D eigenvalue weighted by Crippen LogP contribution is 2.24. The van der Waals surface area contributed by atoms with Gasteiger partial charge in [-0.05, 0) is 6.42 Å². The third-order valence-electron chi connectivity index (χ3n) is 4.77. The first-order valence-corrected chi connectivity index (χ1v) is 9.89. The molecular formula is C19H36O7. The van der Waals surface area contributed by atoms with Crippen LogP contribution in [0.1, 0.15) is 71.1 Å². The van der Waals surface area contributed by atoms with Crippen molar-refractivity contribution in [2.45, 2.75) is 102 Å². The zero-order valence-electron chi connectivity index (χ0n) is 16.1. The van der Waals surface area contributed by atoms with E-state index in [0.29, 0.717) is 6.42 Å². The summed E-state index contributed by atoms with van der Waals surface area (Å²) in [5.41, 5.74) is 0. The minimum atomic E-state index is -1.29. The fourth-order valence-corrected chi connectivity index (χ4v) is 3.11. The lowest BCUT2D eigenvalue weighted by atomic mass is 10.1. The molecule has 3 N–H and O–H groups in total. The van der Waals surface area contributed by atoms with E-state index in [4.69, 9.17) is 14.2 Å². The number of aliphatic hydroxyl groups is 3. The van der Waals surface area contributed by atoms with Crippen molar-refractivity contribution < 1.29 is 34.3 Å². The Kier molecular flexibility index (Phi) is 12.0. The van der Waals surface area contributed by atoms with Crippen LogP contribution in [0.4, 0.5) is 0 Å². The van der Waals surface area contributed by atoms with Gasteiger partial charge in [0, 0.05) is 13.5 Å². The Labute approximate surface area is 156 Å². The van der Waals surface area contributed by atoms with Crippen molar-refractivity contribution in [1.82, 2.24) is 0 Å². The first-order valence-electron chi connectivity index (χ1n) is 9.89. The summed E-state index contributed by atoms with van der Waals surface area (Å²) in [4.78, 5) is 11.7. The van der Waals surface area contributed by atoms with E-state index in [2.05, 4.69) is 6.92 Å². The van der Waals surface area contributed by atoms with Crippen molar-refractivity contribution in [1.29, 1.82) is 0 Å². The summed E-state index contributed by atoms with van der Waals surface area (Å²) in [7, 11) is 1.33. The molecule has 26 heavy (non-hydrogen) atoms. The molecule has 1 aliphatic heterocycles. The molecule has 1 heterocycles. The lowest BCUT2D eigenvalue weighted by molar-refractivity contribution is -0.173. The summed E-state index contributed by atoms with van der Waals surface area (Å²) >= 11 is 0. The molecule has 0 aromatic heterocycles. The monoisotopic (exact) mass is 376 g/mol. The van der Waals surface area contributed by atoms with Crippen molar-refractivity contribution >= 4 is 5.97 Å². The smallest absolute Gasteiger partial charge is 0.305 e. The van der Waals surface area contributed by atoms with E-state index in [1.54, 1.807) is 0 Å². The molecule has 7 nitrogen and oxygen atoms in total. The Bertz CT molecular complexity index is 377. The maximum absolute atomic E-state index is 11.7. The molecule has 0 bridgehead atoms. The van der Waals surface area contributed by atoms with Gasteiger partial charge in [-0.3, -0.25) is 4.79 Å². The van der Waals surface area contributed by atoms with Gasteiger partial charge in [0.25, 0.3) is 0 Å². The van der Waals surface area contributed by atoms with Gasteiger partial charge in [0.1, 0.15) is 31.0 Å². The summed E-state index contributed by atoms with van der Waals surface area (Å²) in [5.74, 6) is -0.372. The number of aliphatic hydroxyl groups excluding tert-OH is 3. The average molecular weight is 376 g/mol. The van der Waals surface area contributed by atoms with Gasteiger partial charge in [-0.1, -0.05) is 58.3 Å². The molecule has 154 valence electrons. The molecular weight excluding hydrogens is 340 g/mol. The Morgan fingerprint density at radius 1 is 1.00 bits per heavy atom. The Morgan fingerprint density at radius 3 is 2.12 bits per heavy atom. The Morgan fingerprint density at radius 2 is 1.58 bits per heavy atom. The Balaban J connectivity index is 2.06. The maximum Gasteiger partial charge on any atom is 0.305 e. The number of carbonyl (C=O) groups excluding carboxylic acids is 1. The highest BCUT2D eigenvalue weighted by atomic mass is 16.7. The number of rotatable bonds is 14. The van der Waals surface area contributed by atoms with E-state index in [1.807, 2.05) is 0 Å². The fourth-order valence-electron chi connectivity index (χ4n) is 3.11. The minimum Gasteiger partial charge on any atom is -0.463 e. The zero-order chi connectivity index (χ0) is 19.4. The predicted octanol–water partition coefficient (Wildman–Crippen LogP) is 1.90. The molecule has 0 saturated carbocycles. The van der Waals surface area contributed by atoms with E-state index in [9.17, 15) is 20.1 Å². The highest BCUT2D eigenvalue weighted by Gasteiger charge is 2.46. The van der Waals surface area contributed by atoms with Gasteiger partial charge in [-0.15, -0.1) is 0 Å². The van der Waals surface area contributed by atoms with Gasteiger partial charge in [0.15, 0.2) is 6.29 Å². The number of hydrogen-bond acceptors (Lipinski definition) is 7. The standard InChI is InChI=1S/C19H36O7/c1-3-4-5-6-7-8-9-10-11-12-15(21)25-13-14(20)18-16(22)17(23)19(24-2)26-18/h14,16-20,22-23H,3-13H2,1-2H3/t14-,16+,17-,18-,19-/m1/s1. The van der Waals surface area contributed by atoms with Crippen molar-refractivity contribution in [2.75, 3.05) is 13.7 Å². The van der Waals surface area contributed by atoms with Crippen LogP contribution < -0.4 is 0 Å². The third kappa shape index (κ3) is 8.31. The SMILES string of the molecule is CCCCCCCCCCCC(=O)OC[C@@H](O)[C@H]1O[C@@H](OC)[C@H](O)[C@@H]1O. The third-order valence-corrected chi connectivity index (χ3v) is 4.77. The number of carbonyl (C=O) groups is 1. The molecule has 0 aliphatic carbocycles. The molecule has 1 rings (SSSR count). The second-order valence-corrected chi connectivity index (χ2v) is 7.01. The van der Waals surface area contributed by atoms with Crippen LogP contribution in [0.2, 0.25) is 0 Å². The topological polar surface area (TPSA) is 105 Å². The first-order chi connectivity index (χ1) is 12.5. The van der Waals surface area contributed by atoms with Crippen LogP contribution in [0, 0.1) is 0 Å². The van der Waals surface area contributed by atoms with Gasteiger partial charge in [0.05, 0.1) is 0 Å². The second kappa shape index (κ2) is 13.4. The molecule has 0 radical (unpaired) electrons. The number of unbranched alkanes of at least 4 members (excludes halogenated alkanes) is 8. The lowest BCUT2D eigenvalue weighted by Crippen LogP contribution is -2.41. The summed E-state index contributed by atoms with van der Waals surface area (Å²) in [6.07, 6.45) is 5.07. The average Bonchev–Trinajstić information content (AvgIpc) is 2.93. The quantitative estimate of drug-likeness (QED) is 0.314. The molecule has 1 saturated heterocycles. The molecule has 1 aliphatic rings. The summed E-state index contributed by atoms with van der Waals surface area (Å²) in [6, 6.07) is 0. The van der Waals surface area contributed by atoms with Crippen LogP contribution in [-0.2, 0) is 19.0 Å². The second-order valence-electron chi connectivity index (χ2n) is 7.01. The van der Waals surface area contributed by atoms with Gasteiger partial charge in [-0.25, -0.2) is 0 Å². The number of hydrogen-bond donors (Lipinski definition) is 3. The predicted molar refractivity (Wildman–Crippen MR) is 96.5 cm³/mol. The van der Waals surface area contributed by atoms with Crippen LogP contribution in [0.15, 0.2) is 0 Å². The van der Waals surface area contributed by atoms with Crippen molar-refractivity contribution in [3.8, 4) is 0 Å². The minimum absolute atomic E-state index is 0.277. The maximum atomic E-state index is 11.7.